The van der Waals surface area contributed by atoms with Crippen molar-refractivity contribution in [3.05, 3.63) is 11.6 Å². The molecule has 5 aliphatic rings. The molecule has 7 atom stereocenters. The zero-order valence-corrected chi connectivity index (χ0v) is 19.1. The SMILES string of the molecule is CC(=NC1CCCCC1)[C@H]1CC[C@H]2[C@@H]3CC=C4C[C@@H](O)CC[C@]4(C)[C@H]3CC[C@]12C. The molecule has 0 radical (unpaired) electrons. The van der Waals surface area contributed by atoms with E-state index in [1.807, 2.05) is 0 Å². The largest absolute Gasteiger partial charge is 0.393 e. The van der Waals surface area contributed by atoms with Gasteiger partial charge in [0, 0.05) is 17.7 Å². The third-order valence-corrected chi connectivity index (χ3v) is 10.5. The van der Waals surface area contributed by atoms with E-state index in [9.17, 15) is 5.11 Å². The molecule has 0 bridgehead atoms. The molecule has 0 aromatic carbocycles. The summed E-state index contributed by atoms with van der Waals surface area (Å²) in [4.78, 5) is 5.32. The normalized spacial score (nSPS) is 48.5. The molecule has 1 N–H and O–H groups in total. The molecule has 2 heteroatoms. The lowest BCUT2D eigenvalue weighted by Gasteiger charge is -2.58. The maximum atomic E-state index is 10.2. The second-order valence-corrected chi connectivity index (χ2v) is 11.9. The number of hydrogen-bond acceptors (Lipinski definition) is 2. The molecule has 0 aliphatic heterocycles. The first-order chi connectivity index (χ1) is 13.9. The van der Waals surface area contributed by atoms with Gasteiger partial charge in [0.05, 0.1) is 6.10 Å². The molecule has 2 nitrogen and oxygen atoms in total. The predicted octanol–water partition coefficient (Wildman–Crippen LogP) is 6.72. The van der Waals surface area contributed by atoms with Gasteiger partial charge in [-0.15, -0.1) is 0 Å². The number of aliphatic imine (C=N–C) groups is 1. The summed E-state index contributed by atoms with van der Waals surface area (Å²) in [7, 11) is 0. The standard InChI is InChI=1S/C27H43NO/c1-18(28-20-7-5-4-6-8-20)23-11-12-24-22-10-9-19-17-21(29)13-15-26(19,2)25(22)14-16-27(23,24)3/h9,20-25,29H,4-8,10-17H2,1-3H3/t21-,22-,23+,24-,25-,26-,27+/m0/s1. The molecule has 162 valence electrons. The summed E-state index contributed by atoms with van der Waals surface area (Å²) >= 11 is 0. The Morgan fingerprint density at radius 1 is 0.966 bits per heavy atom. The summed E-state index contributed by atoms with van der Waals surface area (Å²) < 4.78 is 0. The highest BCUT2D eigenvalue weighted by Crippen LogP contribution is 2.66. The zero-order chi connectivity index (χ0) is 20.2. The molecule has 5 aliphatic carbocycles. The van der Waals surface area contributed by atoms with Crippen LogP contribution >= 0.6 is 0 Å². The molecule has 0 unspecified atom stereocenters. The van der Waals surface area contributed by atoms with Crippen LogP contribution in [-0.2, 0) is 0 Å². The van der Waals surface area contributed by atoms with Crippen LogP contribution in [0.5, 0.6) is 0 Å². The number of rotatable bonds is 2. The van der Waals surface area contributed by atoms with E-state index in [0.717, 1.165) is 36.5 Å². The van der Waals surface area contributed by atoms with Gasteiger partial charge < -0.3 is 5.11 Å². The van der Waals surface area contributed by atoms with E-state index in [1.165, 1.54) is 76.3 Å². The molecule has 0 aromatic heterocycles. The quantitative estimate of drug-likeness (QED) is 0.407. The summed E-state index contributed by atoms with van der Waals surface area (Å²) in [5.74, 6) is 3.32. The lowest BCUT2D eigenvalue weighted by atomic mass is 9.47. The Morgan fingerprint density at radius 2 is 1.76 bits per heavy atom. The zero-order valence-electron chi connectivity index (χ0n) is 19.1. The number of allylic oxidation sites excluding steroid dienone is 1. The fourth-order valence-corrected chi connectivity index (χ4v) is 8.92. The number of aliphatic hydroxyl groups is 1. The monoisotopic (exact) mass is 397 g/mol. The fourth-order valence-electron chi connectivity index (χ4n) is 8.92. The van der Waals surface area contributed by atoms with Crippen LogP contribution in [0.2, 0.25) is 0 Å². The number of hydrogen-bond donors (Lipinski definition) is 1. The second-order valence-electron chi connectivity index (χ2n) is 11.9. The highest BCUT2D eigenvalue weighted by atomic mass is 16.3. The van der Waals surface area contributed by atoms with E-state index in [1.54, 1.807) is 5.57 Å². The van der Waals surface area contributed by atoms with Gasteiger partial charge in [0.1, 0.15) is 0 Å². The molecule has 4 saturated carbocycles. The van der Waals surface area contributed by atoms with Crippen LogP contribution in [0.4, 0.5) is 0 Å². The van der Waals surface area contributed by atoms with Gasteiger partial charge in [-0.3, -0.25) is 4.99 Å². The first kappa shape index (κ1) is 20.3. The maximum Gasteiger partial charge on any atom is 0.0577 e. The van der Waals surface area contributed by atoms with Crippen molar-refractivity contribution in [3.63, 3.8) is 0 Å². The molecule has 0 aromatic rings. The van der Waals surface area contributed by atoms with Crippen LogP contribution in [0.25, 0.3) is 0 Å². The minimum atomic E-state index is -0.0887. The Labute approximate surface area is 178 Å². The lowest BCUT2D eigenvalue weighted by Crippen LogP contribution is -2.51. The number of nitrogens with zero attached hydrogens (tertiary/aromatic N) is 1. The van der Waals surface area contributed by atoms with Crippen molar-refractivity contribution >= 4 is 5.71 Å². The van der Waals surface area contributed by atoms with Crippen molar-refractivity contribution < 1.29 is 5.11 Å². The van der Waals surface area contributed by atoms with Crippen molar-refractivity contribution in [3.8, 4) is 0 Å². The number of aliphatic hydroxyl groups excluding tert-OH is 1. The Bertz CT molecular complexity index is 689. The van der Waals surface area contributed by atoms with Crippen molar-refractivity contribution in [2.75, 3.05) is 0 Å². The smallest absolute Gasteiger partial charge is 0.0577 e. The first-order valence-electron chi connectivity index (χ1n) is 12.8. The molecular formula is C27H43NO. The van der Waals surface area contributed by atoms with Gasteiger partial charge in [0.2, 0.25) is 0 Å². The van der Waals surface area contributed by atoms with E-state index in [-0.39, 0.29) is 6.10 Å². The lowest BCUT2D eigenvalue weighted by molar-refractivity contribution is -0.0423. The molecule has 0 heterocycles. The van der Waals surface area contributed by atoms with Crippen LogP contribution < -0.4 is 0 Å². The van der Waals surface area contributed by atoms with Crippen molar-refractivity contribution in [1.29, 1.82) is 0 Å². The summed E-state index contributed by atoms with van der Waals surface area (Å²) in [5.41, 5.74) is 3.94. The van der Waals surface area contributed by atoms with E-state index < -0.39 is 0 Å². The number of fused-ring (bicyclic) bond motifs is 5. The third-order valence-electron chi connectivity index (χ3n) is 10.5. The summed E-state index contributed by atoms with van der Waals surface area (Å²) in [5, 5.41) is 10.2. The van der Waals surface area contributed by atoms with Gasteiger partial charge in [-0.25, -0.2) is 0 Å². The van der Waals surface area contributed by atoms with Crippen LogP contribution in [-0.4, -0.2) is 23.0 Å². The molecule has 0 spiro atoms. The van der Waals surface area contributed by atoms with E-state index >= 15 is 0 Å². The minimum absolute atomic E-state index is 0.0887. The highest BCUT2D eigenvalue weighted by molar-refractivity contribution is 5.85. The van der Waals surface area contributed by atoms with Crippen LogP contribution in [0.1, 0.15) is 104 Å². The van der Waals surface area contributed by atoms with Gasteiger partial charge in [0.15, 0.2) is 0 Å². The molecule has 4 fully saturated rings. The molecule has 5 rings (SSSR count). The Hall–Kier alpha value is -0.630. The maximum absolute atomic E-state index is 10.2. The van der Waals surface area contributed by atoms with Gasteiger partial charge in [-0.1, -0.05) is 44.8 Å². The average molecular weight is 398 g/mol. The van der Waals surface area contributed by atoms with Crippen molar-refractivity contribution in [2.24, 2.45) is 39.5 Å². The van der Waals surface area contributed by atoms with E-state index in [2.05, 4.69) is 26.8 Å². The predicted molar refractivity (Wildman–Crippen MR) is 121 cm³/mol. The Morgan fingerprint density at radius 3 is 2.55 bits per heavy atom. The Kier molecular flexibility index (Phi) is 5.25. The van der Waals surface area contributed by atoms with E-state index in [4.69, 9.17) is 4.99 Å². The molecule has 29 heavy (non-hydrogen) atoms. The second kappa shape index (κ2) is 7.50. The molecule has 0 amide bonds. The molecule has 0 saturated heterocycles. The first-order valence-corrected chi connectivity index (χ1v) is 12.8. The van der Waals surface area contributed by atoms with Gasteiger partial charge >= 0.3 is 0 Å². The fraction of sp³-hybridized carbons (Fsp3) is 0.889. The summed E-state index contributed by atoms with van der Waals surface area (Å²) in [6, 6.07) is 0.621. The molecular weight excluding hydrogens is 354 g/mol. The summed E-state index contributed by atoms with van der Waals surface area (Å²) in [6.07, 6.45) is 19.3. The Balaban J connectivity index is 1.37. The van der Waals surface area contributed by atoms with Crippen LogP contribution in [0, 0.1) is 34.5 Å². The average Bonchev–Trinajstić information content (AvgIpc) is 3.06. The van der Waals surface area contributed by atoms with Gasteiger partial charge in [-0.2, -0.15) is 0 Å². The van der Waals surface area contributed by atoms with E-state index in [0.29, 0.717) is 16.9 Å². The van der Waals surface area contributed by atoms with Crippen LogP contribution in [0.15, 0.2) is 16.6 Å². The minimum Gasteiger partial charge on any atom is -0.393 e. The van der Waals surface area contributed by atoms with Crippen molar-refractivity contribution in [2.45, 2.75) is 116 Å². The summed E-state index contributed by atoms with van der Waals surface area (Å²) in [6.45, 7) is 7.56. The highest BCUT2D eigenvalue weighted by Gasteiger charge is 2.58. The topological polar surface area (TPSA) is 32.6 Å². The van der Waals surface area contributed by atoms with Crippen LogP contribution in [0.3, 0.4) is 0 Å². The van der Waals surface area contributed by atoms with Gasteiger partial charge in [0.25, 0.3) is 0 Å². The third kappa shape index (κ3) is 3.27. The van der Waals surface area contributed by atoms with Crippen molar-refractivity contribution in [1.82, 2.24) is 0 Å². The van der Waals surface area contributed by atoms with Gasteiger partial charge in [-0.05, 0) is 99.7 Å².